The van der Waals surface area contributed by atoms with Crippen LogP contribution in [0.4, 0.5) is 0 Å². The molecule has 0 aliphatic carbocycles. The molecule has 60 valence electrons. The summed E-state index contributed by atoms with van der Waals surface area (Å²) in [6.45, 7) is 1.53. The van der Waals surface area contributed by atoms with Gasteiger partial charge in [-0.05, 0) is 35.0 Å². The third-order valence-electron chi connectivity index (χ3n) is 1.13. The van der Waals surface area contributed by atoms with E-state index in [2.05, 4.69) is 20.9 Å². The van der Waals surface area contributed by atoms with Crippen molar-refractivity contribution in [1.82, 2.24) is 4.98 Å². The summed E-state index contributed by atoms with van der Waals surface area (Å²) in [6.07, 6.45) is 1.60. The fraction of sp³-hybridized carbons (Fsp3) is 0.143. The van der Waals surface area contributed by atoms with Crippen molar-refractivity contribution in [3.8, 4) is 0 Å². The smallest absolute Gasteiger partial charge is 0.159 e. The molecule has 0 aromatic carbocycles. The molecule has 1 aromatic rings. The summed E-state index contributed by atoms with van der Waals surface area (Å²) in [7, 11) is 0. The van der Waals surface area contributed by atoms with E-state index in [9.17, 15) is 4.79 Å². The highest BCUT2D eigenvalue weighted by Gasteiger charge is 1.97. The first-order valence-electron chi connectivity index (χ1n) is 2.82. The lowest BCUT2D eigenvalue weighted by Gasteiger charge is -1.92. The van der Waals surface area contributed by atoms with Gasteiger partial charge in [0.1, 0.15) is 4.60 Å². The molecular weight excluding hydrogens is 274 g/mol. The molecule has 0 saturated heterocycles. The van der Waals surface area contributed by atoms with Crippen LogP contribution >= 0.6 is 32.9 Å². The number of hydrogen-bond donors (Lipinski definition) is 0. The molecule has 4 heteroatoms. The number of aromatic nitrogens is 1. The van der Waals surface area contributed by atoms with E-state index >= 15 is 0 Å². The molecule has 0 unspecified atom stereocenters. The summed E-state index contributed by atoms with van der Waals surface area (Å²) in [4.78, 5) is 14.6. The first kappa shape index (κ1) is 10.8. The van der Waals surface area contributed by atoms with Crippen LogP contribution < -0.4 is 0 Å². The summed E-state index contributed by atoms with van der Waals surface area (Å²) >= 11 is 3.17. The maximum atomic E-state index is 10.7. The van der Waals surface area contributed by atoms with E-state index < -0.39 is 0 Å². The lowest BCUT2D eigenvalue weighted by atomic mass is 10.2. The van der Waals surface area contributed by atoms with Gasteiger partial charge < -0.3 is 0 Å². The van der Waals surface area contributed by atoms with Crippen LogP contribution in [-0.2, 0) is 0 Å². The second-order valence-electron chi connectivity index (χ2n) is 1.92. The molecule has 1 rings (SSSR count). The second kappa shape index (κ2) is 4.62. The van der Waals surface area contributed by atoms with E-state index in [4.69, 9.17) is 0 Å². The Morgan fingerprint density at radius 3 is 2.64 bits per heavy atom. The fourth-order valence-corrected chi connectivity index (χ4v) is 0.986. The number of pyridine rings is 1. The van der Waals surface area contributed by atoms with E-state index in [0.29, 0.717) is 10.2 Å². The number of nitrogens with zero attached hydrogens (tertiary/aromatic N) is 1. The molecule has 0 N–H and O–H groups in total. The monoisotopic (exact) mass is 279 g/mol. The molecule has 2 nitrogen and oxygen atoms in total. The molecular formula is C7H7Br2NO. The van der Waals surface area contributed by atoms with Gasteiger partial charge in [-0.3, -0.25) is 4.79 Å². The molecule has 0 spiro atoms. The molecule has 0 atom stereocenters. The van der Waals surface area contributed by atoms with Gasteiger partial charge in [-0.1, -0.05) is 0 Å². The Morgan fingerprint density at radius 1 is 1.64 bits per heavy atom. The van der Waals surface area contributed by atoms with Crippen molar-refractivity contribution in [3.05, 3.63) is 28.5 Å². The fourth-order valence-electron chi connectivity index (χ4n) is 0.621. The van der Waals surface area contributed by atoms with Crippen molar-refractivity contribution in [2.24, 2.45) is 0 Å². The Morgan fingerprint density at radius 2 is 2.27 bits per heavy atom. The third kappa shape index (κ3) is 3.12. The van der Waals surface area contributed by atoms with Crippen LogP contribution in [0.1, 0.15) is 17.3 Å². The van der Waals surface area contributed by atoms with Crippen molar-refractivity contribution >= 4 is 38.7 Å². The maximum absolute atomic E-state index is 10.7. The van der Waals surface area contributed by atoms with Gasteiger partial charge in [-0.25, -0.2) is 4.98 Å². The van der Waals surface area contributed by atoms with Gasteiger partial charge in [0, 0.05) is 11.8 Å². The average molecular weight is 281 g/mol. The molecule has 0 fully saturated rings. The Bertz CT molecular complexity index is 262. The standard InChI is InChI=1S/C7H6BrNO.BrH/c1-5(10)6-2-3-9-7(8)4-6;/h2-4H,1H3;1H. The zero-order valence-electron chi connectivity index (χ0n) is 5.87. The average Bonchev–Trinajstić information content (AvgIpc) is 1.88. The van der Waals surface area contributed by atoms with Gasteiger partial charge >= 0.3 is 0 Å². The van der Waals surface area contributed by atoms with E-state index in [0.717, 1.165) is 0 Å². The number of carbonyl (C=O) groups is 1. The van der Waals surface area contributed by atoms with Crippen LogP contribution in [0.3, 0.4) is 0 Å². The van der Waals surface area contributed by atoms with E-state index in [1.165, 1.54) is 6.92 Å². The van der Waals surface area contributed by atoms with Gasteiger partial charge in [-0.15, -0.1) is 17.0 Å². The van der Waals surface area contributed by atoms with Gasteiger partial charge in [0.15, 0.2) is 5.78 Å². The number of rotatable bonds is 1. The minimum atomic E-state index is 0. The number of carbonyl (C=O) groups excluding carboxylic acids is 1. The first-order chi connectivity index (χ1) is 4.70. The predicted octanol–water partition coefficient (Wildman–Crippen LogP) is 2.62. The van der Waals surface area contributed by atoms with E-state index in [1.807, 2.05) is 0 Å². The van der Waals surface area contributed by atoms with Gasteiger partial charge in [0.2, 0.25) is 0 Å². The molecule has 1 heterocycles. The molecule has 0 saturated carbocycles. The zero-order chi connectivity index (χ0) is 7.56. The van der Waals surface area contributed by atoms with Crippen molar-refractivity contribution in [2.45, 2.75) is 6.92 Å². The predicted molar refractivity (Wildman–Crippen MR) is 52.3 cm³/mol. The van der Waals surface area contributed by atoms with Gasteiger partial charge in [0.25, 0.3) is 0 Å². The normalized spacial score (nSPS) is 8.55. The quantitative estimate of drug-likeness (QED) is 0.585. The summed E-state index contributed by atoms with van der Waals surface area (Å²) in [6, 6.07) is 3.38. The molecule has 0 bridgehead atoms. The molecule has 0 amide bonds. The Kier molecular flexibility index (Phi) is 4.52. The molecule has 1 aromatic heterocycles. The van der Waals surface area contributed by atoms with Crippen LogP contribution in [-0.4, -0.2) is 10.8 Å². The number of halogens is 2. The lowest BCUT2D eigenvalue weighted by molar-refractivity contribution is 0.101. The van der Waals surface area contributed by atoms with Crippen LogP contribution in [0.5, 0.6) is 0 Å². The first-order valence-corrected chi connectivity index (χ1v) is 3.62. The SMILES string of the molecule is Br.CC(=O)c1ccnc(Br)c1. The summed E-state index contributed by atoms with van der Waals surface area (Å²) in [5.74, 6) is 0.0584. The highest BCUT2D eigenvalue weighted by atomic mass is 79.9. The Hall–Kier alpha value is -0.220. The van der Waals surface area contributed by atoms with Crippen molar-refractivity contribution in [2.75, 3.05) is 0 Å². The highest BCUT2D eigenvalue weighted by Crippen LogP contribution is 2.07. The Balaban J connectivity index is 0.000001000. The van der Waals surface area contributed by atoms with Gasteiger partial charge in [0.05, 0.1) is 0 Å². The van der Waals surface area contributed by atoms with Crippen LogP contribution in [0, 0.1) is 0 Å². The topological polar surface area (TPSA) is 30.0 Å². The number of hydrogen-bond acceptors (Lipinski definition) is 2. The lowest BCUT2D eigenvalue weighted by Crippen LogP contribution is -1.91. The van der Waals surface area contributed by atoms with Crippen LogP contribution in [0.2, 0.25) is 0 Å². The highest BCUT2D eigenvalue weighted by molar-refractivity contribution is 9.10. The maximum Gasteiger partial charge on any atom is 0.159 e. The zero-order valence-corrected chi connectivity index (χ0v) is 9.17. The third-order valence-corrected chi connectivity index (χ3v) is 1.57. The van der Waals surface area contributed by atoms with Crippen molar-refractivity contribution < 1.29 is 4.79 Å². The molecule has 0 aliphatic rings. The van der Waals surface area contributed by atoms with Crippen LogP contribution in [0.15, 0.2) is 22.9 Å². The van der Waals surface area contributed by atoms with E-state index in [-0.39, 0.29) is 22.8 Å². The summed E-state index contributed by atoms with van der Waals surface area (Å²) in [5, 5.41) is 0. The van der Waals surface area contributed by atoms with Crippen molar-refractivity contribution in [3.63, 3.8) is 0 Å². The van der Waals surface area contributed by atoms with E-state index in [1.54, 1.807) is 18.3 Å². The van der Waals surface area contributed by atoms with Gasteiger partial charge in [-0.2, -0.15) is 0 Å². The minimum absolute atomic E-state index is 0. The van der Waals surface area contributed by atoms with Crippen LogP contribution in [0.25, 0.3) is 0 Å². The largest absolute Gasteiger partial charge is 0.295 e. The molecule has 0 radical (unpaired) electrons. The Labute approximate surface area is 83.9 Å². The second-order valence-corrected chi connectivity index (χ2v) is 2.74. The minimum Gasteiger partial charge on any atom is -0.295 e. The molecule has 0 aliphatic heterocycles. The number of Topliss-reactive ketones (excluding diaryl/α,β-unsaturated/α-hetero) is 1. The summed E-state index contributed by atoms with van der Waals surface area (Å²) < 4.78 is 0.695. The summed E-state index contributed by atoms with van der Waals surface area (Å²) in [5.41, 5.74) is 0.682. The number of ketones is 1. The van der Waals surface area contributed by atoms with Crippen molar-refractivity contribution in [1.29, 1.82) is 0 Å². The molecule has 11 heavy (non-hydrogen) atoms.